The second-order valence-corrected chi connectivity index (χ2v) is 13.5. The van der Waals surface area contributed by atoms with E-state index in [2.05, 4.69) is 9.97 Å². The highest BCUT2D eigenvalue weighted by molar-refractivity contribution is 6.36. The zero-order valence-electron chi connectivity index (χ0n) is 29.9. The van der Waals surface area contributed by atoms with Gasteiger partial charge in [0.2, 0.25) is 0 Å². The summed E-state index contributed by atoms with van der Waals surface area (Å²) in [7, 11) is 0. The molecule has 0 aliphatic carbocycles. The lowest BCUT2D eigenvalue weighted by molar-refractivity contribution is -0.143. The van der Waals surface area contributed by atoms with Gasteiger partial charge < -0.3 is 39.1 Å². The van der Waals surface area contributed by atoms with Gasteiger partial charge in [0.25, 0.3) is 0 Å². The molecule has 4 N–H and O–H groups in total. The number of carboxylic acid groups (broad SMARTS) is 2. The Kier molecular flexibility index (Phi) is 12.1. The Morgan fingerprint density at radius 1 is 0.518 bits per heavy atom. The van der Waals surface area contributed by atoms with Gasteiger partial charge in [0.15, 0.2) is 0 Å². The Labute approximate surface area is 331 Å². The number of hydrogen-bond acceptors (Lipinski definition) is 8. The van der Waals surface area contributed by atoms with Crippen LogP contribution in [0.4, 0.5) is 0 Å². The number of halogens is 2. The molecule has 0 saturated carbocycles. The normalized spacial score (nSPS) is 11.9. The van der Waals surface area contributed by atoms with Crippen LogP contribution in [-0.4, -0.2) is 81.7 Å². The summed E-state index contributed by atoms with van der Waals surface area (Å²) in [6.45, 7) is 0.656. The highest BCUT2D eigenvalue weighted by Gasteiger charge is 2.17. The molecule has 5 aromatic rings. The Hall–Kier alpha value is -5.92. The Morgan fingerprint density at radius 2 is 0.893 bits per heavy atom. The average Bonchev–Trinajstić information content (AvgIpc) is 4.04. The second-order valence-electron chi connectivity index (χ2n) is 12.7. The zero-order valence-corrected chi connectivity index (χ0v) is 31.4. The first-order chi connectivity index (χ1) is 27.2. The maximum atomic E-state index is 10.6. The maximum Gasteiger partial charge on any atom is 0.329 e. The third kappa shape index (κ3) is 9.12. The van der Waals surface area contributed by atoms with E-state index in [0.29, 0.717) is 81.4 Å². The van der Waals surface area contributed by atoms with E-state index >= 15 is 0 Å². The molecule has 2 aromatic carbocycles. The fourth-order valence-corrected chi connectivity index (χ4v) is 6.63. The molecule has 12 nitrogen and oxygen atoms in total. The standard InChI is InChI=1S/C42H36Cl2N4O8/c43-41-33-15-11-29(45-33)39(25-3-7-27(8-4-25)55-21-1-19-53-23-37(49)50)30-12-16-34(46-30)42(44)36-18-14-32(48-36)40(31-13-17-35(41)47-31)26-5-9-28(10-6-26)56-22-2-20-54-24-38(51)52/h3-18,45,48H,1-2,19-24H2,(H,49,50)(H,51,52). The molecule has 8 bridgehead atoms. The fraction of sp³-hybridized carbons (Fsp3) is 0.190. The van der Waals surface area contributed by atoms with Crippen LogP contribution in [0.5, 0.6) is 11.5 Å². The molecular formula is C42H36Cl2N4O8. The number of carboxylic acids is 2. The van der Waals surface area contributed by atoms with Crippen LogP contribution in [0, 0.1) is 0 Å². The van der Waals surface area contributed by atoms with E-state index in [0.717, 1.165) is 33.3 Å². The van der Waals surface area contributed by atoms with Gasteiger partial charge in [0, 0.05) is 35.0 Å². The predicted molar refractivity (Wildman–Crippen MR) is 217 cm³/mol. The molecular weight excluding hydrogens is 759 g/mol. The summed E-state index contributed by atoms with van der Waals surface area (Å²) in [5, 5.41) is 18.3. The minimum atomic E-state index is -1.00. The van der Waals surface area contributed by atoms with Crippen molar-refractivity contribution in [1.82, 2.24) is 19.9 Å². The molecule has 0 spiro atoms. The lowest BCUT2D eigenvalue weighted by atomic mass is 10.0. The SMILES string of the molecule is O=C(O)COCCCOc1ccc(-c2c3nc(c(Cl)c4ccc([nH]4)c(-c4ccc(OCCCOCC(=O)O)cc4)c4nc(c(Cl)c5ccc2[nH]5)C=C4)C=C3)cc1. The number of aliphatic carboxylic acids is 2. The summed E-state index contributed by atoms with van der Waals surface area (Å²) in [5.74, 6) is -0.683. The number of carbonyl (C=O) groups is 2. The Balaban J connectivity index is 1.24. The first-order valence-corrected chi connectivity index (χ1v) is 18.5. The van der Waals surface area contributed by atoms with Crippen molar-refractivity contribution in [3.05, 3.63) is 106 Å². The number of ether oxygens (including phenoxy) is 4. The summed E-state index contributed by atoms with van der Waals surface area (Å²) in [4.78, 5) is 38.2. The van der Waals surface area contributed by atoms with Crippen LogP contribution in [0.3, 0.4) is 0 Å². The number of nitrogens with one attached hydrogen (secondary N) is 2. The first kappa shape index (κ1) is 38.4. The van der Waals surface area contributed by atoms with Gasteiger partial charge in [-0.25, -0.2) is 19.6 Å². The van der Waals surface area contributed by atoms with Crippen molar-refractivity contribution >= 4 is 81.5 Å². The third-order valence-electron chi connectivity index (χ3n) is 8.77. The minimum Gasteiger partial charge on any atom is -0.494 e. The molecule has 2 aliphatic heterocycles. The van der Waals surface area contributed by atoms with Crippen molar-refractivity contribution in [2.75, 3.05) is 39.6 Å². The predicted octanol–water partition coefficient (Wildman–Crippen LogP) is 9.04. The summed E-state index contributed by atoms with van der Waals surface area (Å²) in [6.07, 6.45) is 8.72. The molecule has 14 heteroatoms. The van der Waals surface area contributed by atoms with Crippen LogP contribution in [0.1, 0.15) is 35.6 Å². The van der Waals surface area contributed by atoms with Crippen LogP contribution in [0.2, 0.25) is 10.0 Å². The fourth-order valence-electron chi connectivity index (χ4n) is 6.20. The van der Waals surface area contributed by atoms with Gasteiger partial charge in [-0.15, -0.1) is 0 Å². The van der Waals surface area contributed by atoms with E-state index in [9.17, 15) is 9.59 Å². The van der Waals surface area contributed by atoms with Crippen molar-refractivity contribution < 1.29 is 38.7 Å². The van der Waals surface area contributed by atoms with E-state index in [1.807, 2.05) is 97.1 Å². The quantitative estimate of drug-likeness (QED) is 0.0693. The molecule has 0 fully saturated rings. The van der Waals surface area contributed by atoms with E-state index in [4.69, 9.17) is 62.3 Å². The smallest absolute Gasteiger partial charge is 0.329 e. The van der Waals surface area contributed by atoms with Gasteiger partial charge in [0.05, 0.1) is 70.3 Å². The first-order valence-electron chi connectivity index (χ1n) is 17.8. The monoisotopic (exact) mass is 794 g/mol. The zero-order chi connectivity index (χ0) is 39.0. The summed E-state index contributed by atoms with van der Waals surface area (Å²) in [5.41, 5.74) is 8.91. The maximum absolute atomic E-state index is 10.6. The molecule has 0 radical (unpaired) electrons. The number of rotatable bonds is 16. The molecule has 0 unspecified atom stereocenters. The summed E-state index contributed by atoms with van der Waals surface area (Å²) < 4.78 is 21.9. The number of aromatic amines is 2. The Morgan fingerprint density at radius 3 is 1.29 bits per heavy atom. The van der Waals surface area contributed by atoms with Crippen molar-refractivity contribution in [2.24, 2.45) is 0 Å². The van der Waals surface area contributed by atoms with Crippen molar-refractivity contribution in [2.45, 2.75) is 12.8 Å². The van der Waals surface area contributed by atoms with Crippen LogP contribution < -0.4 is 9.47 Å². The average molecular weight is 796 g/mol. The van der Waals surface area contributed by atoms with Gasteiger partial charge in [-0.1, -0.05) is 47.5 Å². The van der Waals surface area contributed by atoms with Crippen molar-refractivity contribution in [3.8, 4) is 33.8 Å². The lowest BCUT2D eigenvalue weighted by Crippen LogP contribution is -2.09. The largest absolute Gasteiger partial charge is 0.494 e. The van der Waals surface area contributed by atoms with Crippen LogP contribution in [0.25, 0.3) is 68.6 Å². The van der Waals surface area contributed by atoms with Gasteiger partial charge in [0.1, 0.15) is 24.7 Å². The van der Waals surface area contributed by atoms with Crippen LogP contribution in [0.15, 0.2) is 72.8 Å². The number of benzene rings is 2. The second kappa shape index (κ2) is 17.7. The van der Waals surface area contributed by atoms with Crippen LogP contribution in [-0.2, 0) is 19.1 Å². The van der Waals surface area contributed by atoms with Gasteiger partial charge >= 0.3 is 11.9 Å². The van der Waals surface area contributed by atoms with Gasteiger partial charge in [-0.2, -0.15) is 0 Å². The summed E-state index contributed by atoms with van der Waals surface area (Å²) >= 11 is 14.1. The Bertz CT molecular complexity index is 2300. The number of hydrogen-bond donors (Lipinski definition) is 4. The third-order valence-corrected chi connectivity index (χ3v) is 9.56. The molecule has 2 aliphatic rings. The van der Waals surface area contributed by atoms with Crippen LogP contribution >= 0.6 is 23.2 Å². The topological polar surface area (TPSA) is 169 Å². The van der Waals surface area contributed by atoms with Crippen molar-refractivity contribution in [3.63, 3.8) is 0 Å². The number of nitrogens with zero attached hydrogens (tertiary/aromatic N) is 2. The molecule has 56 heavy (non-hydrogen) atoms. The minimum absolute atomic E-state index is 0.287. The van der Waals surface area contributed by atoms with E-state index in [1.54, 1.807) is 0 Å². The number of H-pyrrole nitrogens is 2. The molecule has 7 rings (SSSR count). The van der Waals surface area contributed by atoms with Gasteiger partial charge in [-0.05, 0) is 84.0 Å². The van der Waals surface area contributed by atoms with Crippen molar-refractivity contribution in [1.29, 1.82) is 0 Å². The molecule has 286 valence electrons. The number of aromatic nitrogens is 4. The highest BCUT2D eigenvalue weighted by atomic mass is 35.5. The molecule has 0 amide bonds. The lowest BCUT2D eigenvalue weighted by Gasteiger charge is -2.09. The van der Waals surface area contributed by atoms with Gasteiger partial charge in [-0.3, -0.25) is 0 Å². The van der Waals surface area contributed by atoms with E-state index in [-0.39, 0.29) is 26.4 Å². The molecule has 0 saturated heterocycles. The number of fused-ring (bicyclic) bond motifs is 8. The summed E-state index contributed by atoms with van der Waals surface area (Å²) in [6, 6.07) is 23.0. The molecule has 5 heterocycles. The van der Waals surface area contributed by atoms with E-state index in [1.165, 1.54) is 0 Å². The van der Waals surface area contributed by atoms with E-state index < -0.39 is 11.9 Å². The highest BCUT2D eigenvalue weighted by Crippen LogP contribution is 2.36. The molecule has 3 aromatic heterocycles. The molecule has 0 atom stereocenters.